The largest absolute Gasteiger partial charge is 0.478 e. The Morgan fingerprint density at radius 1 is 1.10 bits per heavy atom. The maximum Gasteiger partial charge on any atom is 0.337 e. The molecule has 0 unspecified atom stereocenters. The molecule has 0 fully saturated rings. The minimum absolute atomic E-state index is 0.0277. The first-order chi connectivity index (χ1) is 10.1. The monoisotopic (exact) mass is 286 g/mol. The van der Waals surface area contributed by atoms with E-state index in [0.29, 0.717) is 12.1 Å². The van der Waals surface area contributed by atoms with Crippen molar-refractivity contribution in [1.82, 2.24) is 4.98 Å². The van der Waals surface area contributed by atoms with Gasteiger partial charge in [-0.1, -0.05) is 12.1 Å². The zero-order valence-electron chi connectivity index (χ0n) is 11.1. The van der Waals surface area contributed by atoms with Crippen LogP contribution in [0, 0.1) is 0 Å². The normalized spacial score (nSPS) is 10.1. The molecule has 0 bridgehead atoms. The van der Waals surface area contributed by atoms with E-state index in [-0.39, 0.29) is 17.9 Å². The molecule has 1 aromatic carbocycles. The second-order valence-corrected chi connectivity index (χ2v) is 4.36. The van der Waals surface area contributed by atoms with Crippen LogP contribution < -0.4 is 5.32 Å². The van der Waals surface area contributed by atoms with Crippen molar-refractivity contribution in [2.75, 3.05) is 11.9 Å². The highest BCUT2D eigenvalue weighted by molar-refractivity contribution is 6.03. The summed E-state index contributed by atoms with van der Waals surface area (Å²) in [5.41, 5.74) is 1.74. The first-order valence-corrected chi connectivity index (χ1v) is 6.30. The predicted octanol–water partition coefficient (Wildman–Crippen LogP) is 1.57. The van der Waals surface area contributed by atoms with E-state index < -0.39 is 11.9 Å². The summed E-state index contributed by atoms with van der Waals surface area (Å²) in [6, 6.07) is 9.77. The number of hydrogen-bond donors (Lipinski definition) is 3. The average molecular weight is 286 g/mol. The summed E-state index contributed by atoms with van der Waals surface area (Å²) in [5, 5.41) is 20.3. The minimum Gasteiger partial charge on any atom is -0.478 e. The van der Waals surface area contributed by atoms with Crippen LogP contribution in [-0.4, -0.2) is 33.7 Å². The number of aliphatic hydroxyl groups is 1. The Hall–Kier alpha value is -2.73. The number of carboxylic acids is 1. The second kappa shape index (κ2) is 6.62. The quantitative estimate of drug-likeness (QED) is 0.774. The van der Waals surface area contributed by atoms with Crippen molar-refractivity contribution in [3.63, 3.8) is 0 Å². The molecule has 0 spiro atoms. The third-order valence-corrected chi connectivity index (χ3v) is 2.86. The van der Waals surface area contributed by atoms with Crippen molar-refractivity contribution in [2.24, 2.45) is 0 Å². The van der Waals surface area contributed by atoms with Gasteiger partial charge in [0.15, 0.2) is 0 Å². The number of aliphatic hydroxyl groups excluding tert-OH is 1. The predicted molar refractivity (Wildman–Crippen MR) is 76.4 cm³/mol. The Kier molecular flexibility index (Phi) is 4.63. The molecule has 1 aromatic heterocycles. The number of amides is 1. The molecule has 0 aliphatic rings. The van der Waals surface area contributed by atoms with E-state index in [2.05, 4.69) is 10.3 Å². The Morgan fingerprint density at radius 3 is 2.33 bits per heavy atom. The average Bonchev–Trinajstić information content (AvgIpc) is 2.49. The van der Waals surface area contributed by atoms with E-state index in [9.17, 15) is 9.59 Å². The summed E-state index contributed by atoms with van der Waals surface area (Å²) in [4.78, 5) is 26.5. The molecular weight excluding hydrogens is 272 g/mol. The first-order valence-electron chi connectivity index (χ1n) is 6.30. The Morgan fingerprint density at radius 2 is 1.81 bits per heavy atom. The highest BCUT2D eigenvalue weighted by Gasteiger charge is 2.09. The van der Waals surface area contributed by atoms with Gasteiger partial charge in [0.25, 0.3) is 5.91 Å². The fourth-order valence-electron chi connectivity index (χ4n) is 1.73. The summed E-state index contributed by atoms with van der Waals surface area (Å²) >= 11 is 0. The van der Waals surface area contributed by atoms with Crippen LogP contribution in [0.15, 0.2) is 42.6 Å². The van der Waals surface area contributed by atoms with Gasteiger partial charge in [0.05, 0.1) is 5.56 Å². The summed E-state index contributed by atoms with van der Waals surface area (Å²) in [6.07, 6.45) is 1.70. The summed E-state index contributed by atoms with van der Waals surface area (Å²) in [5.74, 6) is -1.50. The fraction of sp³-hybridized carbons (Fsp3) is 0.133. The van der Waals surface area contributed by atoms with E-state index in [1.165, 1.54) is 12.1 Å². The summed E-state index contributed by atoms with van der Waals surface area (Å²) < 4.78 is 0. The third kappa shape index (κ3) is 3.87. The number of anilines is 1. The maximum absolute atomic E-state index is 11.9. The summed E-state index contributed by atoms with van der Waals surface area (Å²) in [6.45, 7) is 0.0750. The van der Waals surface area contributed by atoms with E-state index in [1.54, 1.807) is 12.1 Å². The van der Waals surface area contributed by atoms with Gasteiger partial charge >= 0.3 is 5.97 Å². The molecule has 1 heterocycles. The zero-order chi connectivity index (χ0) is 15.2. The van der Waals surface area contributed by atoms with Crippen LogP contribution in [0.4, 0.5) is 5.69 Å². The van der Waals surface area contributed by atoms with Crippen LogP contribution in [0.1, 0.15) is 26.4 Å². The van der Waals surface area contributed by atoms with Gasteiger partial charge < -0.3 is 15.5 Å². The van der Waals surface area contributed by atoms with E-state index >= 15 is 0 Å². The number of rotatable bonds is 5. The topological polar surface area (TPSA) is 99.5 Å². The first kappa shape index (κ1) is 14.7. The lowest BCUT2D eigenvalue weighted by Gasteiger charge is -2.06. The van der Waals surface area contributed by atoms with Crippen molar-refractivity contribution in [1.29, 1.82) is 0 Å². The van der Waals surface area contributed by atoms with Crippen LogP contribution in [0.3, 0.4) is 0 Å². The number of carbonyl (C=O) groups excluding carboxylic acids is 1. The Balaban J connectivity index is 2.05. The number of nitrogens with zero attached hydrogens (tertiary/aromatic N) is 1. The highest BCUT2D eigenvalue weighted by Crippen LogP contribution is 2.11. The van der Waals surface area contributed by atoms with Crippen molar-refractivity contribution >= 4 is 17.6 Å². The van der Waals surface area contributed by atoms with Gasteiger partial charge in [-0.2, -0.15) is 0 Å². The lowest BCUT2D eigenvalue weighted by molar-refractivity contribution is 0.0695. The maximum atomic E-state index is 11.9. The molecule has 6 heteroatoms. The molecule has 2 rings (SSSR count). The number of carboxylic acid groups (broad SMARTS) is 1. The van der Waals surface area contributed by atoms with Gasteiger partial charge in [-0.15, -0.1) is 0 Å². The minimum atomic E-state index is -1.09. The molecule has 1 amide bonds. The van der Waals surface area contributed by atoms with Crippen molar-refractivity contribution in [2.45, 2.75) is 6.42 Å². The van der Waals surface area contributed by atoms with Crippen LogP contribution >= 0.6 is 0 Å². The SMILES string of the molecule is O=C(O)c1ccc(C(=O)Nc2ccc(CCO)cc2)nc1. The van der Waals surface area contributed by atoms with Gasteiger partial charge in [-0.3, -0.25) is 9.78 Å². The highest BCUT2D eigenvalue weighted by atomic mass is 16.4. The molecular formula is C15H14N2O4. The zero-order valence-corrected chi connectivity index (χ0v) is 11.1. The standard InChI is InChI=1S/C15H14N2O4/c18-8-7-10-1-4-12(5-2-10)17-14(19)13-6-3-11(9-16-13)15(20)21/h1-6,9,18H,7-8H2,(H,17,19)(H,20,21). The smallest absolute Gasteiger partial charge is 0.337 e. The number of aromatic carboxylic acids is 1. The molecule has 6 nitrogen and oxygen atoms in total. The van der Waals surface area contributed by atoms with Crippen LogP contribution in [0.5, 0.6) is 0 Å². The van der Waals surface area contributed by atoms with Crippen molar-refractivity contribution in [3.8, 4) is 0 Å². The van der Waals surface area contributed by atoms with E-state index in [0.717, 1.165) is 11.8 Å². The molecule has 21 heavy (non-hydrogen) atoms. The Labute approximate surface area is 121 Å². The van der Waals surface area contributed by atoms with Crippen molar-refractivity contribution in [3.05, 3.63) is 59.4 Å². The molecule has 0 radical (unpaired) electrons. The number of aromatic nitrogens is 1. The molecule has 3 N–H and O–H groups in total. The molecule has 0 saturated heterocycles. The number of benzene rings is 1. The third-order valence-electron chi connectivity index (χ3n) is 2.86. The number of nitrogens with one attached hydrogen (secondary N) is 1. The van der Waals surface area contributed by atoms with Crippen LogP contribution in [-0.2, 0) is 6.42 Å². The van der Waals surface area contributed by atoms with E-state index in [4.69, 9.17) is 10.2 Å². The van der Waals surface area contributed by atoms with Crippen LogP contribution in [0.2, 0.25) is 0 Å². The Bertz CT molecular complexity index is 636. The number of hydrogen-bond acceptors (Lipinski definition) is 4. The molecule has 2 aromatic rings. The molecule has 0 aliphatic heterocycles. The second-order valence-electron chi connectivity index (χ2n) is 4.36. The lowest BCUT2D eigenvalue weighted by atomic mass is 10.1. The van der Waals surface area contributed by atoms with Gasteiger partial charge in [0, 0.05) is 18.5 Å². The molecule has 0 saturated carbocycles. The van der Waals surface area contributed by atoms with Gasteiger partial charge in [0.1, 0.15) is 5.69 Å². The van der Waals surface area contributed by atoms with Crippen molar-refractivity contribution < 1.29 is 19.8 Å². The van der Waals surface area contributed by atoms with E-state index in [1.807, 2.05) is 12.1 Å². The number of pyridine rings is 1. The molecule has 0 aliphatic carbocycles. The van der Waals surface area contributed by atoms with Gasteiger partial charge in [0.2, 0.25) is 0 Å². The van der Waals surface area contributed by atoms with Crippen LogP contribution in [0.25, 0.3) is 0 Å². The fourth-order valence-corrected chi connectivity index (χ4v) is 1.73. The molecule has 0 atom stereocenters. The van der Waals surface area contributed by atoms with Gasteiger partial charge in [-0.25, -0.2) is 4.79 Å². The molecule has 108 valence electrons. The lowest BCUT2D eigenvalue weighted by Crippen LogP contribution is -2.14. The summed E-state index contributed by atoms with van der Waals surface area (Å²) in [7, 11) is 0. The van der Waals surface area contributed by atoms with Gasteiger partial charge in [-0.05, 0) is 36.2 Å². The number of carbonyl (C=O) groups is 2.